The van der Waals surface area contributed by atoms with Gasteiger partial charge in [0, 0.05) is 19.3 Å². The van der Waals surface area contributed by atoms with Crippen LogP contribution in [0.4, 0.5) is 17.1 Å². The predicted octanol–water partition coefficient (Wildman–Crippen LogP) is 2.25. The minimum absolute atomic E-state index is 0.701. The number of hydrogen-bond acceptors (Lipinski definition) is 3. The van der Waals surface area contributed by atoms with Crippen molar-refractivity contribution in [2.75, 3.05) is 30.0 Å². The Hall–Kier alpha value is -1.64. The molecule has 0 unspecified atom stereocenters. The topological polar surface area (TPSA) is 55.3 Å². The summed E-state index contributed by atoms with van der Waals surface area (Å²) in [5, 5.41) is 0. The molecular formula is C12H19N3. The normalized spacial score (nSPS) is 9.80. The largest absolute Gasteiger partial charge is 0.399 e. The van der Waals surface area contributed by atoms with Gasteiger partial charge in [-0.2, -0.15) is 0 Å². The summed E-state index contributed by atoms with van der Waals surface area (Å²) in [4.78, 5) is 2.10. The van der Waals surface area contributed by atoms with E-state index in [9.17, 15) is 0 Å². The fourth-order valence-electron chi connectivity index (χ4n) is 1.34. The van der Waals surface area contributed by atoms with Gasteiger partial charge in [0.15, 0.2) is 0 Å². The Labute approximate surface area is 91.4 Å². The molecule has 0 heterocycles. The summed E-state index contributed by atoms with van der Waals surface area (Å²) in [6.45, 7) is 5.02. The summed E-state index contributed by atoms with van der Waals surface area (Å²) in [5.74, 6) is 0. The van der Waals surface area contributed by atoms with Gasteiger partial charge in [0.1, 0.15) is 0 Å². The number of nitrogen functional groups attached to an aromatic ring is 2. The van der Waals surface area contributed by atoms with E-state index in [1.165, 1.54) is 5.57 Å². The third-order valence-electron chi connectivity index (χ3n) is 2.24. The smallest absolute Gasteiger partial charge is 0.0601 e. The maximum atomic E-state index is 5.89. The summed E-state index contributed by atoms with van der Waals surface area (Å²) in [6, 6.07) is 5.60. The first kappa shape index (κ1) is 11.4. The van der Waals surface area contributed by atoms with E-state index >= 15 is 0 Å². The van der Waals surface area contributed by atoms with Crippen LogP contribution in [0.5, 0.6) is 0 Å². The zero-order valence-electron chi connectivity index (χ0n) is 9.62. The van der Waals surface area contributed by atoms with Gasteiger partial charge >= 0.3 is 0 Å². The molecule has 0 atom stereocenters. The SMILES string of the molecule is CC(C)=CCN(C)c1ccc(N)cc1N. The molecule has 1 aromatic rings. The van der Waals surface area contributed by atoms with E-state index in [0.29, 0.717) is 5.69 Å². The molecule has 0 bridgehead atoms. The van der Waals surface area contributed by atoms with Gasteiger partial charge in [-0.05, 0) is 32.0 Å². The fraction of sp³-hybridized carbons (Fsp3) is 0.333. The maximum absolute atomic E-state index is 5.89. The van der Waals surface area contributed by atoms with E-state index in [1.54, 1.807) is 6.07 Å². The second-order valence-electron chi connectivity index (χ2n) is 3.98. The van der Waals surface area contributed by atoms with E-state index in [0.717, 1.165) is 17.9 Å². The second kappa shape index (κ2) is 4.73. The van der Waals surface area contributed by atoms with E-state index in [1.807, 2.05) is 19.2 Å². The van der Waals surface area contributed by atoms with Gasteiger partial charge in [-0.15, -0.1) is 0 Å². The van der Waals surface area contributed by atoms with Gasteiger partial charge in [-0.3, -0.25) is 0 Å². The van der Waals surface area contributed by atoms with E-state index in [4.69, 9.17) is 11.5 Å². The number of rotatable bonds is 3. The fourth-order valence-corrected chi connectivity index (χ4v) is 1.34. The van der Waals surface area contributed by atoms with Crippen LogP contribution in [0.25, 0.3) is 0 Å². The van der Waals surface area contributed by atoms with Gasteiger partial charge in [-0.1, -0.05) is 11.6 Å². The molecule has 0 saturated carbocycles. The Bertz CT molecular complexity index is 365. The monoisotopic (exact) mass is 205 g/mol. The lowest BCUT2D eigenvalue weighted by Gasteiger charge is -2.19. The van der Waals surface area contributed by atoms with Crippen molar-refractivity contribution in [3.63, 3.8) is 0 Å². The summed E-state index contributed by atoms with van der Waals surface area (Å²) in [5.41, 5.74) is 15.3. The molecule has 1 rings (SSSR count). The third kappa shape index (κ3) is 3.20. The van der Waals surface area contributed by atoms with Gasteiger partial charge in [0.2, 0.25) is 0 Å². The first-order chi connectivity index (χ1) is 7.00. The molecule has 3 nitrogen and oxygen atoms in total. The van der Waals surface area contributed by atoms with Gasteiger partial charge < -0.3 is 16.4 Å². The molecule has 0 fully saturated rings. The Morgan fingerprint density at radius 3 is 2.53 bits per heavy atom. The lowest BCUT2D eigenvalue weighted by atomic mass is 10.2. The van der Waals surface area contributed by atoms with Gasteiger partial charge in [0.05, 0.1) is 11.4 Å². The highest BCUT2D eigenvalue weighted by Crippen LogP contribution is 2.24. The molecular weight excluding hydrogens is 186 g/mol. The third-order valence-corrected chi connectivity index (χ3v) is 2.24. The van der Waals surface area contributed by atoms with Crippen LogP contribution in [0.3, 0.4) is 0 Å². The zero-order valence-corrected chi connectivity index (χ0v) is 9.62. The first-order valence-corrected chi connectivity index (χ1v) is 5.00. The number of benzene rings is 1. The molecule has 4 N–H and O–H groups in total. The lowest BCUT2D eigenvalue weighted by molar-refractivity contribution is 1.02. The van der Waals surface area contributed by atoms with E-state index in [2.05, 4.69) is 24.8 Å². The minimum atomic E-state index is 0.701. The highest BCUT2D eigenvalue weighted by molar-refractivity contribution is 5.71. The Morgan fingerprint density at radius 1 is 1.33 bits per heavy atom. The van der Waals surface area contributed by atoms with Crippen LogP contribution < -0.4 is 16.4 Å². The van der Waals surface area contributed by atoms with Gasteiger partial charge in [-0.25, -0.2) is 0 Å². The molecule has 15 heavy (non-hydrogen) atoms. The van der Waals surface area contributed by atoms with Crippen molar-refractivity contribution in [2.24, 2.45) is 0 Å². The highest BCUT2D eigenvalue weighted by Gasteiger charge is 2.03. The predicted molar refractivity (Wildman–Crippen MR) is 68.0 cm³/mol. The lowest BCUT2D eigenvalue weighted by Crippen LogP contribution is -2.18. The molecule has 0 amide bonds. The molecule has 0 spiro atoms. The number of likely N-dealkylation sites (N-methyl/N-ethyl adjacent to an activating group) is 1. The Kier molecular flexibility index (Phi) is 3.61. The Morgan fingerprint density at radius 2 is 2.00 bits per heavy atom. The van der Waals surface area contributed by atoms with E-state index in [-0.39, 0.29) is 0 Å². The van der Waals surface area contributed by atoms with Crippen molar-refractivity contribution in [3.05, 3.63) is 29.8 Å². The Balaban J connectivity index is 2.82. The van der Waals surface area contributed by atoms with Crippen LogP contribution in [0.15, 0.2) is 29.8 Å². The summed E-state index contributed by atoms with van der Waals surface area (Å²) in [7, 11) is 2.02. The van der Waals surface area contributed by atoms with Crippen LogP contribution in [0.2, 0.25) is 0 Å². The van der Waals surface area contributed by atoms with Crippen LogP contribution in [0, 0.1) is 0 Å². The van der Waals surface area contributed by atoms with Crippen molar-refractivity contribution < 1.29 is 0 Å². The van der Waals surface area contributed by atoms with Gasteiger partial charge in [0.25, 0.3) is 0 Å². The van der Waals surface area contributed by atoms with Crippen molar-refractivity contribution in [1.82, 2.24) is 0 Å². The average molecular weight is 205 g/mol. The minimum Gasteiger partial charge on any atom is -0.399 e. The van der Waals surface area contributed by atoms with E-state index < -0.39 is 0 Å². The summed E-state index contributed by atoms with van der Waals surface area (Å²) < 4.78 is 0. The molecule has 1 aromatic carbocycles. The van der Waals surface area contributed by atoms with Crippen LogP contribution in [-0.4, -0.2) is 13.6 Å². The molecule has 0 saturated heterocycles. The summed E-state index contributed by atoms with van der Waals surface area (Å²) >= 11 is 0. The van der Waals surface area contributed by atoms with Crippen LogP contribution in [-0.2, 0) is 0 Å². The van der Waals surface area contributed by atoms with Crippen molar-refractivity contribution >= 4 is 17.1 Å². The van der Waals surface area contributed by atoms with Crippen LogP contribution in [0.1, 0.15) is 13.8 Å². The highest BCUT2D eigenvalue weighted by atomic mass is 15.1. The molecule has 0 aliphatic carbocycles. The zero-order chi connectivity index (χ0) is 11.4. The average Bonchev–Trinajstić information content (AvgIpc) is 2.14. The molecule has 0 aromatic heterocycles. The standard InChI is InChI=1S/C12H19N3/c1-9(2)6-7-15(3)12-5-4-10(13)8-11(12)14/h4-6,8H,7,13-14H2,1-3H3. The number of hydrogen-bond donors (Lipinski definition) is 2. The molecule has 0 aliphatic rings. The summed E-state index contributed by atoms with van der Waals surface area (Å²) in [6.07, 6.45) is 2.16. The number of nitrogens with two attached hydrogens (primary N) is 2. The molecule has 82 valence electrons. The van der Waals surface area contributed by atoms with Crippen molar-refractivity contribution in [1.29, 1.82) is 0 Å². The maximum Gasteiger partial charge on any atom is 0.0601 e. The molecule has 0 radical (unpaired) electrons. The van der Waals surface area contributed by atoms with Crippen molar-refractivity contribution in [2.45, 2.75) is 13.8 Å². The number of anilines is 3. The molecule has 3 heteroatoms. The first-order valence-electron chi connectivity index (χ1n) is 5.00. The number of nitrogens with zero attached hydrogens (tertiary/aromatic N) is 1. The second-order valence-corrected chi connectivity index (χ2v) is 3.98. The quantitative estimate of drug-likeness (QED) is 0.588. The van der Waals surface area contributed by atoms with Crippen LogP contribution >= 0.6 is 0 Å². The number of allylic oxidation sites excluding steroid dienone is 1. The molecule has 0 aliphatic heterocycles. The van der Waals surface area contributed by atoms with Crippen molar-refractivity contribution in [3.8, 4) is 0 Å².